The van der Waals surface area contributed by atoms with Crippen LogP contribution < -0.4 is 10.1 Å². The molecule has 2 atom stereocenters. The standard InChI is InChI=1S/C15H20F2N2O/c1-10(2)19-15(4,9-18)8-11(3)20-13-7-5-6-12(16)14(13)17/h5-7,10-11,19H,8H2,1-4H3. The molecule has 0 aliphatic heterocycles. The highest BCUT2D eigenvalue weighted by atomic mass is 19.2. The minimum absolute atomic E-state index is 0.137. The summed E-state index contributed by atoms with van der Waals surface area (Å²) in [5.74, 6) is -2.09. The van der Waals surface area contributed by atoms with Crippen molar-refractivity contribution in [2.24, 2.45) is 0 Å². The zero-order chi connectivity index (χ0) is 15.3. The third kappa shape index (κ3) is 4.46. The molecule has 110 valence electrons. The Kier molecular flexibility index (Phi) is 5.46. The number of nitrogens with one attached hydrogen (secondary N) is 1. The zero-order valence-corrected chi connectivity index (χ0v) is 12.2. The van der Waals surface area contributed by atoms with Crippen LogP contribution in [0.15, 0.2) is 18.2 Å². The van der Waals surface area contributed by atoms with E-state index in [4.69, 9.17) is 4.74 Å². The van der Waals surface area contributed by atoms with E-state index in [1.165, 1.54) is 12.1 Å². The molecular weight excluding hydrogens is 262 g/mol. The SMILES string of the molecule is CC(C)NC(C)(C#N)CC(C)Oc1cccc(F)c1F. The van der Waals surface area contributed by atoms with E-state index in [-0.39, 0.29) is 11.8 Å². The van der Waals surface area contributed by atoms with Crippen LogP contribution in [0.5, 0.6) is 5.75 Å². The molecule has 0 spiro atoms. The molecule has 0 heterocycles. The summed E-state index contributed by atoms with van der Waals surface area (Å²) in [6.45, 7) is 7.36. The number of rotatable bonds is 6. The highest BCUT2D eigenvalue weighted by Crippen LogP contribution is 2.23. The Labute approximate surface area is 118 Å². The van der Waals surface area contributed by atoms with Gasteiger partial charge < -0.3 is 4.74 Å². The maximum atomic E-state index is 13.5. The van der Waals surface area contributed by atoms with E-state index in [1.54, 1.807) is 13.8 Å². The summed E-state index contributed by atoms with van der Waals surface area (Å²) in [5.41, 5.74) is -0.780. The van der Waals surface area contributed by atoms with E-state index in [0.29, 0.717) is 6.42 Å². The van der Waals surface area contributed by atoms with Crippen molar-refractivity contribution in [1.29, 1.82) is 5.26 Å². The van der Waals surface area contributed by atoms with Crippen LogP contribution in [0.4, 0.5) is 8.78 Å². The molecule has 1 aromatic rings. The lowest BCUT2D eigenvalue weighted by atomic mass is 9.95. The van der Waals surface area contributed by atoms with Crippen LogP contribution in [0.3, 0.4) is 0 Å². The predicted molar refractivity (Wildman–Crippen MR) is 73.4 cm³/mol. The molecule has 3 nitrogen and oxygen atoms in total. The maximum Gasteiger partial charge on any atom is 0.200 e. The van der Waals surface area contributed by atoms with E-state index in [2.05, 4.69) is 11.4 Å². The summed E-state index contributed by atoms with van der Waals surface area (Å²) in [6, 6.07) is 6.12. The molecule has 0 saturated carbocycles. The monoisotopic (exact) mass is 282 g/mol. The van der Waals surface area contributed by atoms with Crippen LogP contribution in [0.1, 0.15) is 34.1 Å². The molecule has 0 radical (unpaired) electrons. The van der Waals surface area contributed by atoms with Gasteiger partial charge in [-0.15, -0.1) is 0 Å². The molecule has 0 aliphatic rings. The number of ether oxygens (including phenoxy) is 1. The van der Waals surface area contributed by atoms with Gasteiger partial charge in [0.05, 0.1) is 12.2 Å². The van der Waals surface area contributed by atoms with Crippen LogP contribution in [-0.2, 0) is 0 Å². The average Bonchev–Trinajstić information content (AvgIpc) is 2.33. The van der Waals surface area contributed by atoms with Crippen molar-refractivity contribution < 1.29 is 13.5 Å². The van der Waals surface area contributed by atoms with Crippen LogP contribution in [0.25, 0.3) is 0 Å². The van der Waals surface area contributed by atoms with Crippen LogP contribution in [0.2, 0.25) is 0 Å². The largest absolute Gasteiger partial charge is 0.487 e. The number of nitrogens with zero attached hydrogens (tertiary/aromatic N) is 1. The van der Waals surface area contributed by atoms with Crippen molar-refractivity contribution in [2.45, 2.75) is 51.8 Å². The molecule has 1 aromatic carbocycles. The first-order chi connectivity index (χ1) is 9.27. The molecule has 0 amide bonds. The number of hydrogen-bond donors (Lipinski definition) is 1. The topological polar surface area (TPSA) is 45.0 Å². The summed E-state index contributed by atoms with van der Waals surface area (Å²) in [4.78, 5) is 0. The fraction of sp³-hybridized carbons (Fsp3) is 0.533. The van der Waals surface area contributed by atoms with Crippen molar-refractivity contribution in [3.05, 3.63) is 29.8 Å². The third-order valence-electron chi connectivity index (χ3n) is 2.79. The second kappa shape index (κ2) is 6.67. The Morgan fingerprint density at radius 3 is 2.55 bits per heavy atom. The van der Waals surface area contributed by atoms with Gasteiger partial charge in [0.15, 0.2) is 11.6 Å². The van der Waals surface area contributed by atoms with Gasteiger partial charge >= 0.3 is 0 Å². The van der Waals surface area contributed by atoms with Gasteiger partial charge in [-0.3, -0.25) is 5.32 Å². The molecule has 0 aliphatic carbocycles. The summed E-state index contributed by atoms with van der Waals surface area (Å²) in [7, 11) is 0. The lowest BCUT2D eigenvalue weighted by Crippen LogP contribution is -2.47. The first kappa shape index (κ1) is 16.4. The van der Waals surface area contributed by atoms with Crippen molar-refractivity contribution in [3.63, 3.8) is 0 Å². The van der Waals surface area contributed by atoms with Crippen LogP contribution >= 0.6 is 0 Å². The summed E-state index contributed by atoms with van der Waals surface area (Å²) in [6.07, 6.45) is -0.0698. The Morgan fingerprint density at radius 2 is 2.00 bits per heavy atom. The van der Waals surface area contributed by atoms with Gasteiger partial charge in [0.25, 0.3) is 0 Å². The molecule has 0 saturated heterocycles. The Balaban J connectivity index is 2.74. The number of halogens is 2. The van der Waals surface area contributed by atoms with E-state index in [0.717, 1.165) is 6.07 Å². The first-order valence-electron chi connectivity index (χ1n) is 6.57. The minimum Gasteiger partial charge on any atom is -0.487 e. The number of nitriles is 1. The van der Waals surface area contributed by atoms with Crippen LogP contribution in [0, 0.1) is 23.0 Å². The van der Waals surface area contributed by atoms with Crippen molar-refractivity contribution in [1.82, 2.24) is 5.32 Å². The maximum absolute atomic E-state index is 13.5. The average molecular weight is 282 g/mol. The summed E-state index contributed by atoms with van der Waals surface area (Å²) >= 11 is 0. The molecule has 2 unspecified atom stereocenters. The normalized spacial score (nSPS) is 15.5. The number of benzene rings is 1. The smallest absolute Gasteiger partial charge is 0.200 e. The highest BCUT2D eigenvalue weighted by molar-refractivity contribution is 5.25. The Bertz CT molecular complexity index is 499. The third-order valence-corrected chi connectivity index (χ3v) is 2.79. The lowest BCUT2D eigenvalue weighted by molar-refractivity contribution is 0.168. The van der Waals surface area contributed by atoms with Gasteiger partial charge in [0.2, 0.25) is 5.82 Å². The van der Waals surface area contributed by atoms with Gasteiger partial charge in [0.1, 0.15) is 5.54 Å². The molecular formula is C15H20F2N2O. The summed E-state index contributed by atoms with van der Waals surface area (Å²) < 4.78 is 32.0. The molecule has 1 N–H and O–H groups in total. The van der Waals surface area contributed by atoms with E-state index >= 15 is 0 Å². The van der Waals surface area contributed by atoms with E-state index < -0.39 is 23.3 Å². The molecule has 5 heteroatoms. The fourth-order valence-corrected chi connectivity index (χ4v) is 2.18. The Morgan fingerprint density at radius 1 is 1.35 bits per heavy atom. The summed E-state index contributed by atoms with van der Waals surface area (Å²) in [5, 5.41) is 12.4. The van der Waals surface area contributed by atoms with Gasteiger partial charge in [-0.05, 0) is 39.8 Å². The van der Waals surface area contributed by atoms with Gasteiger partial charge in [-0.1, -0.05) is 6.07 Å². The number of hydrogen-bond acceptors (Lipinski definition) is 3. The minimum atomic E-state index is -1.00. The highest BCUT2D eigenvalue weighted by Gasteiger charge is 2.28. The molecule has 0 fully saturated rings. The van der Waals surface area contributed by atoms with Crippen molar-refractivity contribution in [3.8, 4) is 11.8 Å². The van der Waals surface area contributed by atoms with Crippen molar-refractivity contribution in [2.75, 3.05) is 0 Å². The van der Waals surface area contributed by atoms with E-state index in [1.807, 2.05) is 13.8 Å². The Hall–Kier alpha value is -1.67. The van der Waals surface area contributed by atoms with Gasteiger partial charge in [-0.2, -0.15) is 9.65 Å². The van der Waals surface area contributed by atoms with Gasteiger partial charge in [0, 0.05) is 12.5 Å². The van der Waals surface area contributed by atoms with E-state index in [9.17, 15) is 14.0 Å². The molecule has 1 rings (SSSR count). The quantitative estimate of drug-likeness (QED) is 0.869. The van der Waals surface area contributed by atoms with Crippen LogP contribution in [-0.4, -0.2) is 17.7 Å². The first-order valence-corrected chi connectivity index (χ1v) is 6.57. The molecule has 0 aromatic heterocycles. The van der Waals surface area contributed by atoms with Crippen molar-refractivity contribution >= 4 is 0 Å². The second-order valence-electron chi connectivity index (χ2n) is 5.43. The molecule has 20 heavy (non-hydrogen) atoms. The zero-order valence-electron chi connectivity index (χ0n) is 12.2. The van der Waals surface area contributed by atoms with Gasteiger partial charge in [-0.25, -0.2) is 4.39 Å². The molecule has 0 bridgehead atoms. The lowest BCUT2D eigenvalue weighted by Gasteiger charge is -2.29. The second-order valence-corrected chi connectivity index (χ2v) is 5.43. The fourth-order valence-electron chi connectivity index (χ4n) is 2.18. The predicted octanol–water partition coefficient (Wildman–Crippen LogP) is 3.40.